The standard InChI is InChI=1S/C34H36N4O4S/c1-20-21(2)43-33-30(20)31(35-27(17-19-28(39)41-7)32-37-36-22(3)38(32)33)26-15-13-25(14-16-26)24-11-8-23(9-12-24)10-18-29(40)42-34(4,5)6/h8-16,18,27H,17,19H2,1-7H3/b18-10+/t27-/m0/s1. The van der Waals surface area contributed by atoms with Crippen molar-refractivity contribution in [3.8, 4) is 16.1 Å². The summed E-state index contributed by atoms with van der Waals surface area (Å²) >= 11 is 1.71. The normalized spacial score (nSPS) is 14.6. The first kappa shape index (κ1) is 30.1. The minimum absolute atomic E-state index is 0.234. The second-order valence-electron chi connectivity index (χ2n) is 11.6. The molecule has 1 atom stereocenters. The molecule has 0 amide bonds. The predicted octanol–water partition coefficient (Wildman–Crippen LogP) is 7.12. The van der Waals surface area contributed by atoms with E-state index in [1.807, 2.05) is 52.0 Å². The molecule has 43 heavy (non-hydrogen) atoms. The van der Waals surface area contributed by atoms with Crippen LogP contribution >= 0.6 is 11.3 Å². The lowest BCUT2D eigenvalue weighted by atomic mass is 9.96. The van der Waals surface area contributed by atoms with E-state index in [0.717, 1.165) is 50.2 Å². The number of nitrogens with zero attached hydrogens (tertiary/aromatic N) is 4. The number of esters is 2. The predicted molar refractivity (Wildman–Crippen MR) is 170 cm³/mol. The van der Waals surface area contributed by atoms with Gasteiger partial charge >= 0.3 is 11.9 Å². The average molecular weight is 597 g/mol. The fourth-order valence-corrected chi connectivity index (χ4v) is 6.26. The molecule has 0 saturated carbocycles. The lowest BCUT2D eigenvalue weighted by molar-refractivity contribution is -0.148. The molecule has 0 spiro atoms. The smallest absolute Gasteiger partial charge is 0.331 e. The van der Waals surface area contributed by atoms with Gasteiger partial charge in [0.1, 0.15) is 22.5 Å². The van der Waals surface area contributed by atoms with E-state index in [9.17, 15) is 9.59 Å². The molecule has 0 saturated heterocycles. The highest BCUT2D eigenvalue weighted by molar-refractivity contribution is 7.15. The molecule has 2 aromatic carbocycles. The van der Waals surface area contributed by atoms with Crippen LogP contribution in [0.4, 0.5) is 0 Å². The molecular formula is C34H36N4O4S. The molecule has 222 valence electrons. The van der Waals surface area contributed by atoms with Gasteiger partial charge in [0, 0.05) is 28.5 Å². The highest BCUT2D eigenvalue weighted by atomic mass is 32.1. The third kappa shape index (κ3) is 6.51. The Hall–Kier alpha value is -4.37. The van der Waals surface area contributed by atoms with Crippen LogP contribution in [0.5, 0.6) is 0 Å². The SMILES string of the molecule is COC(=O)CC[C@@H]1N=C(c2ccc(-c3ccc(/C=C/C(=O)OC(C)(C)C)cc3)cc2)c2c(sc(C)c2C)-n2c(C)nnc21. The van der Waals surface area contributed by atoms with Crippen LogP contribution in [0.15, 0.2) is 59.6 Å². The van der Waals surface area contributed by atoms with Crippen molar-refractivity contribution in [1.29, 1.82) is 0 Å². The van der Waals surface area contributed by atoms with Crippen molar-refractivity contribution < 1.29 is 19.1 Å². The Labute approximate surface area is 256 Å². The topological polar surface area (TPSA) is 95.7 Å². The van der Waals surface area contributed by atoms with Crippen molar-refractivity contribution in [2.24, 2.45) is 4.99 Å². The van der Waals surface area contributed by atoms with Gasteiger partial charge in [-0.2, -0.15) is 0 Å². The number of thiophene rings is 1. The van der Waals surface area contributed by atoms with E-state index < -0.39 is 5.60 Å². The van der Waals surface area contributed by atoms with Gasteiger partial charge in [-0.15, -0.1) is 21.5 Å². The number of aromatic nitrogens is 3. The van der Waals surface area contributed by atoms with Gasteiger partial charge in [-0.25, -0.2) is 4.79 Å². The zero-order chi connectivity index (χ0) is 30.9. The molecular weight excluding hydrogens is 560 g/mol. The minimum Gasteiger partial charge on any atom is -0.469 e. The fraction of sp³-hybridized carbons (Fsp3) is 0.324. The highest BCUT2D eigenvalue weighted by Gasteiger charge is 2.31. The number of ether oxygens (including phenoxy) is 2. The lowest BCUT2D eigenvalue weighted by Crippen LogP contribution is -2.22. The zero-order valence-corrected chi connectivity index (χ0v) is 26.4. The van der Waals surface area contributed by atoms with E-state index in [4.69, 9.17) is 14.5 Å². The van der Waals surface area contributed by atoms with E-state index in [1.165, 1.54) is 23.6 Å². The summed E-state index contributed by atoms with van der Waals surface area (Å²) in [5.74, 6) is 0.879. The van der Waals surface area contributed by atoms with Crippen molar-refractivity contribution in [2.45, 2.75) is 66.0 Å². The number of hydrogen-bond donors (Lipinski definition) is 0. The Kier molecular flexibility index (Phi) is 8.46. The number of rotatable bonds is 7. The second kappa shape index (κ2) is 12.1. The number of fused-ring (bicyclic) bond motifs is 3. The van der Waals surface area contributed by atoms with Crippen LogP contribution < -0.4 is 0 Å². The molecule has 0 N–H and O–H groups in total. The summed E-state index contributed by atoms with van der Waals surface area (Å²) in [5, 5.41) is 9.91. The van der Waals surface area contributed by atoms with Gasteiger partial charge in [0.15, 0.2) is 5.82 Å². The number of hydrogen-bond acceptors (Lipinski definition) is 8. The first-order valence-corrected chi connectivity index (χ1v) is 15.1. The summed E-state index contributed by atoms with van der Waals surface area (Å²) in [7, 11) is 1.40. The van der Waals surface area contributed by atoms with Gasteiger partial charge in [0.2, 0.25) is 0 Å². The third-order valence-corrected chi connectivity index (χ3v) is 8.50. The summed E-state index contributed by atoms with van der Waals surface area (Å²) in [5.41, 5.74) is 6.62. The van der Waals surface area contributed by atoms with Gasteiger partial charge < -0.3 is 9.47 Å². The summed E-state index contributed by atoms with van der Waals surface area (Å²) in [6, 6.07) is 16.1. The molecule has 4 aromatic rings. The largest absolute Gasteiger partial charge is 0.469 e. The number of aryl methyl sites for hydroxylation is 2. The molecule has 0 fully saturated rings. The minimum atomic E-state index is -0.524. The Balaban J connectivity index is 1.46. The van der Waals surface area contributed by atoms with E-state index >= 15 is 0 Å². The maximum absolute atomic E-state index is 12.0. The number of carbonyl (C=O) groups is 2. The molecule has 9 heteroatoms. The van der Waals surface area contributed by atoms with E-state index in [1.54, 1.807) is 17.4 Å². The first-order valence-electron chi connectivity index (χ1n) is 14.2. The molecule has 1 aliphatic heterocycles. The molecule has 5 rings (SSSR count). The second-order valence-corrected chi connectivity index (χ2v) is 12.8. The van der Waals surface area contributed by atoms with Crippen LogP contribution in [-0.4, -0.2) is 45.1 Å². The van der Waals surface area contributed by atoms with Crippen molar-refractivity contribution in [3.05, 3.63) is 93.4 Å². The van der Waals surface area contributed by atoms with E-state index in [0.29, 0.717) is 6.42 Å². The molecule has 2 aromatic heterocycles. The Bertz CT molecular complexity index is 1720. The number of benzene rings is 2. The third-order valence-electron chi connectivity index (χ3n) is 7.31. The molecule has 0 radical (unpaired) electrons. The van der Waals surface area contributed by atoms with Crippen LogP contribution in [0.3, 0.4) is 0 Å². The summed E-state index contributed by atoms with van der Waals surface area (Å²) < 4.78 is 12.3. The monoisotopic (exact) mass is 596 g/mol. The molecule has 0 unspecified atom stereocenters. The van der Waals surface area contributed by atoms with Crippen LogP contribution in [0.25, 0.3) is 22.2 Å². The quantitative estimate of drug-likeness (QED) is 0.167. The zero-order valence-electron chi connectivity index (χ0n) is 25.6. The summed E-state index contributed by atoms with van der Waals surface area (Å²) in [4.78, 5) is 30.5. The fourth-order valence-electron chi connectivity index (χ4n) is 5.05. The van der Waals surface area contributed by atoms with E-state index in [2.05, 4.69) is 52.9 Å². The molecule has 0 bridgehead atoms. The van der Waals surface area contributed by atoms with Crippen molar-refractivity contribution in [1.82, 2.24) is 14.8 Å². The maximum atomic E-state index is 12.0. The van der Waals surface area contributed by atoms with Gasteiger partial charge in [-0.1, -0.05) is 48.5 Å². The highest BCUT2D eigenvalue weighted by Crippen LogP contribution is 2.40. The molecule has 8 nitrogen and oxygen atoms in total. The average Bonchev–Trinajstić information content (AvgIpc) is 3.45. The van der Waals surface area contributed by atoms with Crippen molar-refractivity contribution in [3.63, 3.8) is 0 Å². The Morgan fingerprint density at radius 1 is 0.953 bits per heavy atom. The summed E-state index contributed by atoms with van der Waals surface area (Å²) in [6.45, 7) is 11.7. The Morgan fingerprint density at radius 2 is 1.58 bits per heavy atom. The number of aliphatic imine (C=N–C) groups is 1. The summed E-state index contributed by atoms with van der Waals surface area (Å²) in [6.07, 6.45) is 3.91. The van der Waals surface area contributed by atoms with Crippen LogP contribution in [0.2, 0.25) is 0 Å². The molecule has 1 aliphatic rings. The van der Waals surface area contributed by atoms with Gasteiger partial charge in [-0.05, 0) is 76.3 Å². The maximum Gasteiger partial charge on any atom is 0.331 e. The molecule has 0 aliphatic carbocycles. The van der Waals surface area contributed by atoms with Crippen molar-refractivity contribution >= 4 is 35.1 Å². The van der Waals surface area contributed by atoms with E-state index in [-0.39, 0.29) is 24.4 Å². The van der Waals surface area contributed by atoms with Gasteiger partial charge in [0.05, 0.1) is 12.8 Å². The number of methoxy groups -OCH3 is 1. The Morgan fingerprint density at radius 3 is 2.21 bits per heavy atom. The van der Waals surface area contributed by atoms with Crippen LogP contribution in [0, 0.1) is 20.8 Å². The number of carbonyl (C=O) groups excluding carboxylic acids is 2. The molecule has 3 heterocycles. The van der Waals surface area contributed by atoms with Gasteiger partial charge in [-0.3, -0.25) is 14.4 Å². The van der Waals surface area contributed by atoms with Crippen LogP contribution in [0.1, 0.15) is 78.4 Å². The first-order chi connectivity index (χ1) is 20.4. The van der Waals surface area contributed by atoms with Crippen molar-refractivity contribution in [2.75, 3.05) is 7.11 Å². The lowest BCUT2D eigenvalue weighted by Gasteiger charge is -2.17. The van der Waals surface area contributed by atoms with Gasteiger partial charge in [0.25, 0.3) is 0 Å². The van der Waals surface area contributed by atoms with Crippen LogP contribution in [-0.2, 0) is 19.1 Å².